The molecule has 1 aromatic rings. The first kappa shape index (κ1) is 13.0. The van der Waals surface area contributed by atoms with E-state index in [2.05, 4.69) is 5.32 Å². The SMILES string of the molecule is CC(CN[C@H](C)c1cccc(Cl)c1)C(=O)O. The number of carboxylic acid groups (broad SMARTS) is 1. The Morgan fingerprint density at radius 1 is 1.50 bits per heavy atom. The Balaban J connectivity index is 2.52. The Morgan fingerprint density at radius 2 is 2.19 bits per heavy atom. The molecule has 16 heavy (non-hydrogen) atoms. The van der Waals surface area contributed by atoms with Crippen LogP contribution in [0.15, 0.2) is 24.3 Å². The minimum Gasteiger partial charge on any atom is -0.481 e. The molecule has 3 nitrogen and oxygen atoms in total. The third-order valence-electron chi connectivity index (χ3n) is 2.50. The van der Waals surface area contributed by atoms with Crippen molar-refractivity contribution in [3.8, 4) is 0 Å². The number of hydrogen-bond donors (Lipinski definition) is 2. The second kappa shape index (κ2) is 5.87. The van der Waals surface area contributed by atoms with Gasteiger partial charge < -0.3 is 10.4 Å². The maximum Gasteiger partial charge on any atom is 0.307 e. The van der Waals surface area contributed by atoms with Crippen LogP contribution in [0.1, 0.15) is 25.5 Å². The largest absolute Gasteiger partial charge is 0.481 e. The maximum absolute atomic E-state index is 10.6. The van der Waals surface area contributed by atoms with Crippen molar-refractivity contribution in [1.29, 1.82) is 0 Å². The van der Waals surface area contributed by atoms with Crippen LogP contribution in [0, 0.1) is 5.92 Å². The van der Waals surface area contributed by atoms with Crippen LogP contribution in [0.4, 0.5) is 0 Å². The highest BCUT2D eigenvalue weighted by Crippen LogP contribution is 2.17. The Hall–Kier alpha value is -1.06. The van der Waals surface area contributed by atoms with Crippen molar-refractivity contribution in [3.05, 3.63) is 34.9 Å². The van der Waals surface area contributed by atoms with E-state index >= 15 is 0 Å². The van der Waals surface area contributed by atoms with Crippen LogP contribution in [-0.2, 0) is 4.79 Å². The number of nitrogens with one attached hydrogen (secondary N) is 1. The number of halogens is 1. The smallest absolute Gasteiger partial charge is 0.307 e. The first-order valence-corrected chi connectivity index (χ1v) is 5.60. The van der Waals surface area contributed by atoms with E-state index in [0.29, 0.717) is 11.6 Å². The molecule has 0 aliphatic heterocycles. The molecule has 1 unspecified atom stereocenters. The molecule has 0 fully saturated rings. The lowest BCUT2D eigenvalue weighted by Crippen LogP contribution is -2.28. The van der Waals surface area contributed by atoms with Gasteiger partial charge in [-0.3, -0.25) is 4.79 Å². The van der Waals surface area contributed by atoms with Crippen LogP contribution in [-0.4, -0.2) is 17.6 Å². The molecular weight excluding hydrogens is 226 g/mol. The fourth-order valence-electron chi connectivity index (χ4n) is 1.33. The quantitative estimate of drug-likeness (QED) is 0.833. The molecule has 2 atom stereocenters. The Labute approximate surface area is 100 Å². The van der Waals surface area contributed by atoms with Gasteiger partial charge in [0.15, 0.2) is 0 Å². The molecule has 1 aromatic carbocycles. The van der Waals surface area contributed by atoms with E-state index in [0.717, 1.165) is 5.56 Å². The molecule has 0 heterocycles. The summed E-state index contributed by atoms with van der Waals surface area (Å²) in [7, 11) is 0. The van der Waals surface area contributed by atoms with Gasteiger partial charge in [-0.2, -0.15) is 0 Å². The Kier molecular flexibility index (Phi) is 4.77. The van der Waals surface area contributed by atoms with Gasteiger partial charge in [-0.1, -0.05) is 30.7 Å². The molecule has 0 spiro atoms. The first-order chi connectivity index (χ1) is 7.50. The molecule has 0 saturated carbocycles. The topological polar surface area (TPSA) is 49.3 Å². The zero-order chi connectivity index (χ0) is 12.1. The Bertz CT molecular complexity index is 368. The number of carbonyl (C=O) groups is 1. The summed E-state index contributed by atoms with van der Waals surface area (Å²) in [6.07, 6.45) is 0. The summed E-state index contributed by atoms with van der Waals surface area (Å²) in [6.45, 7) is 4.11. The fraction of sp³-hybridized carbons (Fsp3) is 0.417. The second-order valence-corrected chi connectivity index (χ2v) is 4.36. The van der Waals surface area contributed by atoms with Crippen LogP contribution in [0.5, 0.6) is 0 Å². The third kappa shape index (κ3) is 3.83. The standard InChI is InChI=1S/C12H16ClNO2/c1-8(12(15)16)7-14-9(2)10-4-3-5-11(13)6-10/h3-6,8-9,14H,7H2,1-2H3,(H,15,16)/t8?,9-/m1/s1. The van der Waals surface area contributed by atoms with Crippen LogP contribution in [0.3, 0.4) is 0 Å². The lowest BCUT2D eigenvalue weighted by Gasteiger charge is -2.16. The molecule has 0 amide bonds. The Morgan fingerprint density at radius 3 is 2.75 bits per heavy atom. The molecule has 4 heteroatoms. The third-order valence-corrected chi connectivity index (χ3v) is 2.74. The summed E-state index contributed by atoms with van der Waals surface area (Å²) in [5, 5.41) is 12.6. The average molecular weight is 242 g/mol. The van der Waals surface area contributed by atoms with E-state index in [9.17, 15) is 4.79 Å². The number of carboxylic acids is 1. The number of rotatable bonds is 5. The van der Waals surface area contributed by atoms with E-state index in [1.165, 1.54) is 0 Å². The van der Waals surface area contributed by atoms with E-state index in [4.69, 9.17) is 16.7 Å². The maximum atomic E-state index is 10.6. The van der Waals surface area contributed by atoms with Crippen LogP contribution >= 0.6 is 11.6 Å². The van der Waals surface area contributed by atoms with Gasteiger partial charge in [-0.15, -0.1) is 0 Å². The van der Waals surface area contributed by atoms with Crippen molar-refractivity contribution in [2.75, 3.05) is 6.54 Å². The van der Waals surface area contributed by atoms with Crippen molar-refractivity contribution in [2.24, 2.45) is 5.92 Å². The fourth-order valence-corrected chi connectivity index (χ4v) is 1.53. The summed E-state index contributed by atoms with van der Waals surface area (Å²) < 4.78 is 0. The summed E-state index contributed by atoms with van der Waals surface area (Å²) in [6, 6.07) is 7.65. The molecular formula is C12H16ClNO2. The molecule has 0 radical (unpaired) electrons. The van der Waals surface area contributed by atoms with Crippen LogP contribution in [0.25, 0.3) is 0 Å². The molecule has 0 aliphatic rings. The van der Waals surface area contributed by atoms with Crippen molar-refractivity contribution in [3.63, 3.8) is 0 Å². The van der Waals surface area contributed by atoms with Crippen molar-refractivity contribution < 1.29 is 9.90 Å². The molecule has 88 valence electrons. The number of hydrogen-bond acceptors (Lipinski definition) is 2. The van der Waals surface area contributed by atoms with Gasteiger partial charge in [-0.25, -0.2) is 0 Å². The molecule has 1 rings (SSSR count). The summed E-state index contributed by atoms with van der Waals surface area (Å²) >= 11 is 5.88. The summed E-state index contributed by atoms with van der Waals surface area (Å²) in [4.78, 5) is 10.6. The van der Waals surface area contributed by atoms with E-state index in [-0.39, 0.29) is 12.0 Å². The summed E-state index contributed by atoms with van der Waals surface area (Å²) in [5.41, 5.74) is 1.06. The predicted octanol–water partition coefficient (Wildman–Crippen LogP) is 2.71. The van der Waals surface area contributed by atoms with Crippen molar-refractivity contribution >= 4 is 17.6 Å². The zero-order valence-electron chi connectivity index (χ0n) is 9.40. The summed E-state index contributed by atoms with van der Waals surface area (Å²) in [5.74, 6) is -1.17. The minimum atomic E-state index is -0.786. The van der Waals surface area contributed by atoms with Gasteiger partial charge in [0.2, 0.25) is 0 Å². The lowest BCUT2D eigenvalue weighted by molar-refractivity contribution is -0.140. The van der Waals surface area contributed by atoms with Gasteiger partial charge in [-0.05, 0) is 24.6 Å². The first-order valence-electron chi connectivity index (χ1n) is 5.22. The zero-order valence-corrected chi connectivity index (χ0v) is 10.2. The lowest BCUT2D eigenvalue weighted by atomic mass is 10.1. The minimum absolute atomic E-state index is 0.0977. The van der Waals surface area contributed by atoms with Gasteiger partial charge in [0.1, 0.15) is 0 Å². The van der Waals surface area contributed by atoms with Gasteiger partial charge in [0, 0.05) is 17.6 Å². The molecule has 2 N–H and O–H groups in total. The predicted molar refractivity (Wildman–Crippen MR) is 64.7 cm³/mol. The molecule has 0 aliphatic carbocycles. The van der Waals surface area contributed by atoms with Gasteiger partial charge in [0.25, 0.3) is 0 Å². The van der Waals surface area contributed by atoms with E-state index in [1.807, 2.05) is 31.2 Å². The highest BCUT2D eigenvalue weighted by molar-refractivity contribution is 6.30. The highest BCUT2D eigenvalue weighted by atomic mass is 35.5. The van der Waals surface area contributed by atoms with Crippen LogP contribution < -0.4 is 5.32 Å². The van der Waals surface area contributed by atoms with Crippen LogP contribution in [0.2, 0.25) is 5.02 Å². The average Bonchev–Trinajstić information content (AvgIpc) is 2.25. The number of aliphatic carboxylic acids is 1. The van der Waals surface area contributed by atoms with Gasteiger partial charge >= 0.3 is 5.97 Å². The monoisotopic (exact) mass is 241 g/mol. The van der Waals surface area contributed by atoms with Gasteiger partial charge in [0.05, 0.1) is 5.92 Å². The number of benzene rings is 1. The van der Waals surface area contributed by atoms with Crippen molar-refractivity contribution in [2.45, 2.75) is 19.9 Å². The highest BCUT2D eigenvalue weighted by Gasteiger charge is 2.12. The molecule has 0 bridgehead atoms. The van der Waals surface area contributed by atoms with E-state index in [1.54, 1.807) is 6.92 Å². The van der Waals surface area contributed by atoms with Crippen molar-refractivity contribution in [1.82, 2.24) is 5.32 Å². The molecule has 0 aromatic heterocycles. The normalized spacial score (nSPS) is 14.4. The second-order valence-electron chi connectivity index (χ2n) is 3.92. The molecule has 0 saturated heterocycles. The van der Waals surface area contributed by atoms with E-state index < -0.39 is 5.97 Å².